The maximum Gasteiger partial charge on any atom is 0.168 e. The lowest BCUT2D eigenvalue weighted by Gasteiger charge is -2.24. The van der Waals surface area contributed by atoms with Crippen molar-refractivity contribution >= 4 is 35.0 Å². The second-order valence-corrected chi connectivity index (χ2v) is 5.97. The summed E-state index contributed by atoms with van der Waals surface area (Å²) in [6.07, 6.45) is 7.62. The van der Waals surface area contributed by atoms with Crippen LogP contribution in [0.3, 0.4) is 0 Å². The zero-order chi connectivity index (χ0) is 14.2. The van der Waals surface area contributed by atoms with E-state index >= 15 is 0 Å². The lowest BCUT2D eigenvalue weighted by molar-refractivity contribution is 0.0969. The van der Waals surface area contributed by atoms with E-state index in [1.54, 1.807) is 12.5 Å². The number of halogens is 1. The molecular weight excluding hydrogens is 302 g/mol. The lowest BCUT2D eigenvalue weighted by Crippen LogP contribution is -2.38. The maximum atomic E-state index is 12.4. The van der Waals surface area contributed by atoms with Crippen LogP contribution in [-0.2, 0) is 0 Å². The molecule has 4 rings (SSSR count). The van der Waals surface area contributed by atoms with Crippen LogP contribution in [0, 0.1) is 5.92 Å². The minimum absolute atomic E-state index is 0. The molecule has 6 nitrogen and oxygen atoms in total. The number of hydrogen-bond donors (Lipinski definition) is 3. The van der Waals surface area contributed by atoms with Gasteiger partial charge in [-0.2, -0.15) is 0 Å². The number of hydrogen-bond acceptors (Lipinski definition) is 5. The van der Waals surface area contributed by atoms with E-state index in [9.17, 15) is 4.79 Å². The number of ketones is 1. The number of nitrogens with zero attached hydrogens (tertiary/aromatic N) is 2. The first-order valence-electron chi connectivity index (χ1n) is 7.66. The van der Waals surface area contributed by atoms with Gasteiger partial charge in [0.25, 0.3) is 0 Å². The average Bonchev–Trinajstić information content (AvgIpc) is 3.27. The number of piperidine rings is 1. The predicted molar refractivity (Wildman–Crippen MR) is 87.7 cm³/mol. The second kappa shape index (κ2) is 6.22. The van der Waals surface area contributed by atoms with E-state index in [1.165, 1.54) is 0 Å². The number of rotatable bonds is 4. The number of H-pyrrole nitrogens is 1. The van der Waals surface area contributed by atoms with Gasteiger partial charge in [0, 0.05) is 30.3 Å². The van der Waals surface area contributed by atoms with Gasteiger partial charge in [0.15, 0.2) is 5.78 Å². The SMILES string of the molecule is Cl.O=C(c1c[nH]c2ncnc(N[C@@H]3CCCNC3)c12)C1CC1. The van der Waals surface area contributed by atoms with Gasteiger partial charge in [0.1, 0.15) is 17.8 Å². The van der Waals surface area contributed by atoms with Crippen molar-refractivity contribution in [2.24, 2.45) is 5.92 Å². The molecule has 0 bridgehead atoms. The Bertz CT molecular complexity index is 676. The molecule has 1 saturated heterocycles. The fourth-order valence-electron chi connectivity index (χ4n) is 3.00. The first-order chi connectivity index (χ1) is 10.3. The van der Waals surface area contributed by atoms with Gasteiger partial charge in [-0.1, -0.05) is 0 Å². The molecule has 0 amide bonds. The number of anilines is 1. The van der Waals surface area contributed by atoms with Gasteiger partial charge >= 0.3 is 0 Å². The minimum Gasteiger partial charge on any atom is -0.365 e. The van der Waals surface area contributed by atoms with Gasteiger partial charge in [-0.05, 0) is 32.2 Å². The molecule has 0 radical (unpaired) electrons. The van der Waals surface area contributed by atoms with Crippen molar-refractivity contribution in [2.75, 3.05) is 18.4 Å². The summed E-state index contributed by atoms with van der Waals surface area (Å²) in [5.41, 5.74) is 1.47. The number of aromatic amines is 1. The molecule has 2 aromatic heterocycles. The monoisotopic (exact) mass is 321 g/mol. The Labute approximate surface area is 134 Å². The highest BCUT2D eigenvalue weighted by atomic mass is 35.5. The summed E-state index contributed by atoms with van der Waals surface area (Å²) >= 11 is 0. The molecule has 2 aromatic rings. The summed E-state index contributed by atoms with van der Waals surface area (Å²) in [6.45, 7) is 2.01. The van der Waals surface area contributed by atoms with Crippen molar-refractivity contribution < 1.29 is 4.79 Å². The van der Waals surface area contributed by atoms with Crippen LogP contribution in [0.15, 0.2) is 12.5 Å². The van der Waals surface area contributed by atoms with E-state index in [1.807, 2.05) is 0 Å². The molecule has 2 aliphatic rings. The van der Waals surface area contributed by atoms with Gasteiger partial charge in [0.2, 0.25) is 0 Å². The van der Waals surface area contributed by atoms with E-state index < -0.39 is 0 Å². The van der Waals surface area contributed by atoms with E-state index in [0.717, 1.165) is 61.2 Å². The normalized spacial score (nSPS) is 21.4. The molecule has 0 spiro atoms. The van der Waals surface area contributed by atoms with E-state index in [2.05, 4.69) is 25.6 Å². The van der Waals surface area contributed by atoms with Crippen molar-refractivity contribution in [2.45, 2.75) is 31.7 Å². The van der Waals surface area contributed by atoms with Gasteiger partial charge < -0.3 is 15.6 Å². The highest BCUT2D eigenvalue weighted by Gasteiger charge is 2.32. The second-order valence-electron chi connectivity index (χ2n) is 5.97. The third-order valence-electron chi connectivity index (χ3n) is 4.32. The highest BCUT2D eigenvalue weighted by Crippen LogP contribution is 2.35. The van der Waals surface area contributed by atoms with Crippen LogP contribution in [0.25, 0.3) is 11.0 Å². The third-order valence-corrected chi connectivity index (χ3v) is 4.32. The molecular formula is C15H20ClN5O. The Morgan fingerprint density at radius 1 is 1.27 bits per heavy atom. The number of carbonyl (C=O) groups is 1. The molecule has 1 aliphatic heterocycles. The summed E-state index contributed by atoms with van der Waals surface area (Å²) in [7, 11) is 0. The van der Waals surface area contributed by atoms with Crippen LogP contribution in [0.2, 0.25) is 0 Å². The van der Waals surface area contributed by atoms with Crippen LogP contribution >= 0.6 is 12.4 Å². The largest absolute Gasteiger partial charge is 0.365 e. The van der Waals surface area contributed by atoms with Crippen LogP contribution in [-0.4, -0.2) is 39.9 Å². The maximum absolute atomic E-state index is 12.4. The number of nitrogens with one attached hydrogen (secondary N) is 3. The molecule has 3 heterocycles. The van der Waals surface area contributed by atoms with Crippen molar-refractivity contribution in [1.82, 2.24) is 20.3 Å². The Hall–Kier alpha value is -1.66. The van der Waals surface area contributed by atoms with Crippen molar-refractivity contribution in [3.63, 3.8) is 0 Å². The van der Waals surface area contributed by atoms with Crippen LogP contribution in [0.4, 0.5) is 5.82 Å². The van der Waals surface area contributed by atoms with Gasteiger partial charge in [-0.15, -0.1) is 12.4 Å². The Kier molecular flexibility index (Phi) is 4.31. The quantitative estimate of drug-likeness (QED) is 0.751. The predicted octanol–water partition coefficient (Wildman–Crippen LogP) is 2.14. The summed E-state index contributed by atoms with van der Waals surface area (Å²) in [5.74, 6) is 1.20. The number of fused-ring (bicyclic) bond motifs is 1. The summed E-state index contributed by atoms with van der Waals surface area (Å²) < 4.78 is 0. The molecule has 1 aliphatic carbocycles. The standard InChI is InChI=1S/C15H19N5O.ClH/c21-13(9-3-4-9)11-7-17-14-12(11)15(19-8-18-14)20-10-2-1-5-16-6-10;/h7-10,16H,1-6H2,(H2,17,18,19,20);1H/t10-;/m1./s1. The summed E-state index contributed by atoms with van der Waals surface area (Å²) in [5, 5.41) is 7.71. The van der Waals surface area contributed by atoms with E-state index in [-0.39, 0.29) is 24.1 Å². The molecule has 0 aromatic carbocycles. The van der Waals surface area contributed by atoms with Crippen molar-refractivity contribution in [3.05, 3.63) is 18.1 Å². The van der Waals surface area contributed by atoms with Crippen LogP contribution in [0.1, 0.15) is 36.0 Å². The smallest absolute Gasteiger partial charge is 0.168 e. The number of carbonyl (C=O) groups excluding carboxylic acids is 1. The molecule has 3 N–H and O–H groups in total. The van der Waals surface area contributed by atoms with Crippen LogP contribution < -0.4 is 10.6 Å². The highest BCUT2D eigenvalue weighted by molar-refractivity contribution is 6.12. The summed E-state index contributed by atoms with van der Waals surface area (Å²) in [6, 6.07) is 0.357. The molecule has 118 valence electrons. The molecule has 7 heteroatoms. The van der Waals surface area contributed by atoms with Crippen molar-refractivity contribution in [1.29, 1.82) is 0 Å². The van der Waals surface area contributed by atoms with E-state index in [0.29, 0.717) is 6.04 Å². The molecule has 1 atom stereocenters. The molecule has 22 heavy (non-hydrogen) atoms. The molecule has 2 fully saturated rings. The first kappa shape index (κ1) is 15.2. The number of aromatic nitrogens is 3. The zero-order valence-electron chi connectivity index (χ0n) is 12.3. The molecule has 1 saturated carbocycles. The lowest BCUT2D eigenvalue weighted by atomic mass is 10.1. The Morgan fingerprint density at radius 3 is 2.86 bits per heavy atom. The number of Topliss-reactive ketones (excluding diaryl/α,β-unsaturated/α-hetero) is 1. The van der Waals surface area contributed by atoms with Crippen molar-refractivity contribution in [3.8, 4) is 0 Å². The van der Waals surface area contributed by atoms with E-state index in [4.69, 9.17) is 0 Å². The fourth-order valence-corrected chi connectivity index (χ4v) is 3.00. The Morgan fingerprint density at radius 2 is 2.14 bits per heavy atom. The van der Waals surface area contributed by atoms with Crippen LogP contribution in [0.5, 0.6) is 0 Å². The minimum atomic E-state index is 0. The first-order valence-corrected chi connectivity index (χ1v) is 7.66. The van der Waals surface area contributed by atoms with Gasteiger partial charge in [0.05, 0.1) is 5.39 Å². The molecule has 0 unspecified atom stereocenters. The average molecular weight is 322 g/mol. The van der Waals surface area contributed by atoms with Gasteiger partial charge in [-0.25, -0.2) is 9.97 Å². The zero-order valence-corrected chi connectivity index (χ0v) is 13.1. The Balaban J connectivity index is 0.00000144. The van der Waals surface area contributed by atoms with Gasteiger partial charge in [-0.3, -0.25) is 4.79 Å². The fraction of sp³-hybridized carbons (Fsp3) is 0.533. The summed E-state index contributed by atoms with van der Waals surface area (Å²) in [4.78, 5) is 24.1. The topological polar surface area (TPSA) is 82.7 Å². The third kappa shape index (κ3) is 2.80.